The van der Waals surface area contributed by atoms with Gasteiger partial charge in [-0.1, -0.05) is 23.2 Å². The number of ether oxygens (including phenoxy) is 2. The number of halogens is 2. The molecule has 0 saturated heterocycles. The highest BCUT2D eigenvalue weighted by atomic mass is 35.5. The summed E-state index contributed by atoms with van der Waals surface area (Å²) >= 11 is 11.7. The molecule has 0 amide bonds. The van der Waals surface area contributed by atoms with Crippen LogP contribution in [-0.4, -0.2) is 13.1 Å². The zero-order chi connectivity index (χ0) is 17.3. The largest absolute Gasteiger partial charge is 0.497 e. The zero-order valence-corrected chi connectivity index (χ0v) is 13.9. The standard InChI is InChI=1S/C17H10Cl2O5/c1-22-11-4-2-9-6-12(17(21)24-15(9)8-11)16(20)23-14-5-3-10(18)7-13(14)19/h2-8H,1H3. The molecule has 122 valence electrons. The van der Waals surface area contributed by atoms with Crippen LogP contribution in [0.25, 0.3) is 11.0 Å². The summed E-state index contributed by atoms with van der Waals surface area (Å²) < 4.78 is 15.4. The fourth-order valence-electron chi connectivity index (χ4n) is 2.07. The summed E-state index contributed by atoms with van der Waals surface area (Å²) in [4.78, 5) is 24.3. The van der Waals surface area contributed by atoms with Gasteiger partial charge in [0.25, 0.3) is 0 Å². The maximum Gasteiger partial charge on any atom is 0.351 e. The molecule has 0 fully saturated rings. The molecule has 0 atom stereocenters. The van der Waals surface area contributed by atoms with E-state index in [1.54, 1.807) is 18.2 Å². The molecule has 0 unspecified atom stereocenters. The van der Waals surface area contributed by atoms with Crippen LogP contribution in [0.2, 0.25) is 10.0 Å². The molecule has 0 aliphatic carbocycles. The van der Waals surface area contributed by atoms with Crippen LogP contribution in [0.4, 0.5) is 0 Å². The van der Waals surface area contributed by atoms with E-state index in [9.17, 15) is 9.59 Å². The van der Waals surface area contributed by atoms with E-state index in [0.717, 1.165) is 0 Å². The zero-order valence-electron chi connectivity index (χ0n) is 12.3. The lowest BCUT2D eigenvalue weighted by Gasteiger charge is -2.07. The average Bonchev–Trinajstić information content (AvgIpc) is 2.56. The number of benzene rings is 2. The molecule has 7 heteroatoms. The summed E-state index contributed by atoms with van der Waals surface area (Å²) in [6.45, 7) is 0. The number of fused-ring (bicyclic) bond motifs is 1. The molecule has 0 bridgehead atoms. The Morgan fingerprint density at radius 2 is 1.88 bits per heavy atom. The van der Waals surface area contributed by atoms with Crippen molar-refractivity contribution >= 4 is 40.1 Å². The predicted molar refractivity (Wildman–Crippen MR) is 90.5 cm³/mol. The van der Waals surface area contributed by atoms with Gasteiger partial charge in [0.15, 0.2) is 0 Å². The summed E-state index contributed by atoms with van der Waals surface area (Å²) in [5.74, 6) is -0.236. The molecule has 0 radical (unpaired) electrons. The number of hydrogen-bond donors (Lipinski definition) is 0. The Bertz CT molecular complexity index is 994. The number of rotatable bonds is 3. The maximum absolute atomic E-state index is 12.2. The van der Waals surface area contributed by atoms with Crippen LogP contribution in [-0.2, 0) is 0 Å². The molecule has 24 heavy (non-hydrogen) atoms. The smallest absolute Gasteiger partial charge is 0.351 e. The van der Waals surface area contributed by atoms with Gasteiger partial charge >= 0.3 is 11.6 Å². The molecule has 0 aliphatic rings. The van der Waals surface area contributed by atoms with E-state index in [1.807, 2.05) is 0 Å². The van der Waals surface area contributed by atoms with E-state index < -0.39 is 11.6 Å². The van der Waals surface area contributed by atoms with Gasteiger partial charge in [0.2, 0.25) is 0 Å². The van der Waals surface area contributed by atoms with Crippen molar-refractivity contribution in [1.29, 1.82) is 0 Å². The summed E-state index contributed by atoms with van der Waals surface area (Å²) in [5, 5.41) is 1.12. The Labute approximate surface area is 146 Å². The van der Waals surface area contributed by atoms with E-state index in [2.05, 4.69) is 0 Å². The third kappa shape index (κ3) is 3.22. The minimum absolute atomic E-state index is 0.0975. The third-order valence-corrected chi connectivity index (χ3v) is 3.79. The van der Waals surface area contributed by atoms with Gasteiger partial charge in [0.1, 0.15) is 22.6 Å². The topological polar surface area (TPSA) is 65.7 Å². The van der Waals surface area contributed by atoms with Crippen molar-refractivity contribution in [3.05, 3.63) is 68.5 Å². The van der Waals surface area contributed by atoms with Crippen molar-refractivity contribution in [2.75, 3.05) is 7.11 Å². The van der Waals surface area contributed by atoms with Crippen LogP contribution in [0, 0.1) is 0 Å². The molecule has 3 aromatic rings. The van der Waals surface area contributed by atoms with E-state index >= 15 is 0 Å². The van der Waals surface area contributed by atoms with Crippen LogP contribution in [0.5, 0.6) is 11.5 Å². The average molecular weight is 365 g/mol. The second kappa shape index (κ2) is 6.55. The van der Waals surface area contributed by atoms with E-state index in [0.29, 0.717) is 21.7 Å². The monoisotopic (exact) mass is 364 g/mol. The SMILES string of the molecule is COc1ccc2cc(C(=O)Oc3ccc(Cl)cc3Cl)c(=O)oc2c1. The van der Waals surface area contributed by atoms with Gasteiger partial charge in [-0.25, -0.2) is 9.59 Å². The number of esters is 1. The van der Waals surface area contributed by atoms with Gasteiger partial charge in [0, 0.05) is 16.5 Å². The molecule has 3 rings (SSSR count). The lowest BCUT2D eigenvalue weighted by molar-refractivity contribution is 0.0730. The Morgan fingerprint density at radius 1 is 1.08 bits per heavy atom. The van der Waals surface area contributed by atoms with Crippen LogP contribution >= 0.6 is 23.2 Å². The first-order chi connectivity index (χ1) is 11.5. The van der Waals surface area contributed by atoms with Crippen molar-refractivity contribution in [2.45, 2.75) is 0 Å². The minimum atomic E-state index is -0.870. The minimum Gasteiger partial charge on any atom is -0.497 e. The Morgan fingerprint density at radius 3 is 2.58 bits per heavy atom. The highest BCUT2D eigenvalue weighted by Crippen LogP contribution is 2.28. The molecule has 1 heterocycles. The van der Waals surface area contributed by atoms with Crippen molar-refractivity contribution in [3.63, 3.8) is 0 Å². The lowest BCUT2D eigenvalue weighted by Crippen LogP contribution is -2.18. The Hall–Kier alpha value is -2.50. The normalized spacial score (nSPS) is 10.6. The first kappa shape index (κ1) is 16.4. The van der Waals surface area contributed by atoms with Gasteiger partial charge < -0.3 is 13.9 Å². The fourth-order valence-corrected chi connectivity index (χ4v) is 2.52. The van der Waals surface area contributed by atoms with Gasteiger partial charge in [-0.3, -0.25) is 0 Å². The first-order valence-corrected chi connectivity index (χ1v) is 7.52. The molecular weight excluding hydrogens is 355 g/mol. The summed E-state index contributed by atoms with van der Waals surface area (Å²) in [6.07, 6.45) is 0. The second-order valence-electron chi connectivity index (χ2n) is 4.82. The number of carbonyl (C=O) groups excluding carboxylic acids is 1. The molecule has 1 aromatic heterocycles. The Balaban J connectivity index is 1.97. The molecular formula is C17H10Cl2O5. The van der Waals surface area contributed by atoms with E-state index in [1.165, 1.54) is 31.4 Å². The third-order valence-electron chi connectivity index (χ3n) is 3.26. The van der Waals surface area contributed by atoms with Crippen molar-refractivity contribution in [3.8, 4) is 11.5 Å². The van der Waals surface area contributed by atoms with Crippen LogP contribution < -0.4 is 15.1 Å². The second-order valence-corrected chi connectivity index (χ2v) is 5.66. The van der Waals surface area contributed by atoms with Gasteiger partial charge in [-0.05, 0) is 36.4 Å². The predicted octanol–water partition coefficient (Wildman–Crippen LogP) is 4.33. The molecule has 0 N–H and O–H groups in total. The van der Waals surface area contributed by atoms with Crippen molar-refractivity contribution < 1.29 is 18.7 Å². The van der Waals surface area contributed by atoms with Crippen molar-refractivity contribution in [1.82, 2.24) is 0 Å². The van der Waals surface area contributed by atoms with Gasteiger partial charge in [0.05, 0.1) is 12.1 Å². The maximum atomic E-state index is 12.2. The number of hydrogen-bond acceptors (Lipinski definition) is 5. The first-order valence-electron chi connectivity index (χ1n) is 6.77. The van der Waals surface area contributed by atoms with Crippen LogP contribution in [0.1, 0.15) is 10.4 Å². The Kier molecular flexibility index (Phi) is 4.46. The summed E-state index contributed by atoms with van der Waals surface area (Å²) in [7, 11) is 1.50. The van der Waals surface area contributed by atoms with Crippen LogP contribution in [0.15, 0.2) is 51.7 Å². The van der Waals surface area contributed by atoms with E-state index in [4.69, 9.17) is 37.1 Å². The lowest BCUT2D eigenvalue weighted by atomic mass is 10.2. The van der Waals surface area contributed by atoms with Gasteiger partial charge in [-0.2, -0.15) is 0 Å². The summed E-state index contributed by atoms with van der Waals surface area (Å²) in [5.41, 5.74) is -0.745. The number of carbonyl (C=O) groups is 1. The highest BCUT2D eigenvalue weighted by molar-refractivity contribution is 6.35. The van der Waals surface area contributed by atoms with E-state index in [-0.39, 0.29) is 16.3 Å². The molecule has 0 aliphatic heterocycles. The quantitative estimate of drug-likeness (QED) is 0.393. The number of methoxy groups -OCH3 is 1. The van der Waals surface area contributed by atoms with Crippen LogP contribution in [0.3, 0.4) is 0 Å². The molecule has 5 nitrogen and oxygen atoms in total. The molecule has 2 aromatic carbocycles. The fraction of sp³-hybridized carbons (Fsp3) is 0.0588. The molecule has 0 saturated carbocycles. The highest BCUT2D eigenvalue weighted by Gasteiger charge is 2.17. The molecule has 0 spiro atoms. The van der Waals surface area contributed by atoms with Gasteiger partial charge in [-0.15, -0.1) is 0 Å². The summed E-state index contributed by atoms with van der Waals surface area (Å²) in [6, 6.07) is 10.7. The van der Waals surface area contributed by atoms with Crippen molar-refractivity contribution in [2.24, 2.45) is 0 Å².